The minimum atomic E-state index is 0.00976. The summed E-state index contributed by atoms with van der Waals surface area (Å²) >= 11 is 5.93. The van der Waals surface area contributed by atoms with E-state index >= 15 is 0 Å². The fraction of sp³-hybridized carbons (Fsp3) is 0.600. The van der Waals surface area contributed by atoms with Gasteiger partial charge in [-0.05, 0) is 50.5 Å². The second-order valence-corrected chi connectivity index (χ2v) is 6.51. The van der Waals surface area contributed by atoms with Gasteiger partial charge in [-0.2, -0.15) is 0 Å². The van der Waals surface area contributed by atoms with Gasteiger partial charge in [-0.25, -0.2) is 0 Å². The molecule has 2 aliphatic rings. The van der Waals surface area contributed by atoms with E-state index in [-0.39, 0.29) is 5.54 Å². The molecule has 0 amide bonds. The molecule has 3 N–H and O–H groups in total. The minimum absolute atomic E-state index is 0.00976. The van der Waals surface area contributed by atoms with Crippen LogP contribution in [0.3, 0.4) is 0 Å². The van der Waals surface area contributed by atoms with E-state index in [1.807, 2.05) is 24.3 Å². The van der Waals surface area contributed by atoms with Crippen molar-refractivity contribution in [2.45, 2.75) is 43.8 Å². The van der Waals surface area contributed by atoms with Crippen LogP contribution in [0, 0.1) is 0 Å². The van der Waals surface area contributed by atoms with Crippen molar-refractivity contribution in [1.29, 1.82) is 0 Å². The Morgan fingerprint density at radius 2 is 2.05 bits per heavy atom. The number of likely N-dealkylation sites (tertiary alicyclic amines) is 1. The molecule has 1 aromatic rings. The molecule has 1 saturated carbocycles. The lowest BCUT2D eigenvalue weighted by Gasteiger charge is -2.30. The lowest BCUT2D eigenvalue weighted by atomic mass is 9.96. The summed E-state index contributed by atoms with van der Waals surface area (Å²) in [5.74, 6) is 0. The molecular weight excluding hydrogens is 258 g/mol. The first kappa shape index (κ1) is 13.2. The number of halogens is 1. The van der Waals surface area contributed by atoms with E-state index < -0.39 is 0 Å². The predicted molar refractivity (Wildman–Crippen MR) is 80.7 cm³/mol. The number of nitrogens with two attached hydrogens (primary N) is 1. The molecule has 0 bridgehead atoms. The molecule has 104 valence electrons. The molecule has 1 aromatic carbocycles. The van der Waals surface area contributed by atoms with Crippen molar-refractivity contribution in [3.05, 3.63) is 29.3 Å². The van der Waals surface area contributed by atoms with Crippen LogP contribution in [0.1, 0.15) is 26.2 Å². The summed E-state index contributed by atoms with van der Waals surface area (Å²) in [4.78, 5) is 2.62. The van der Waals surface area contributed by atoms with Crippen LogP contribution in [0.25, 0.3) is 0 Å². The fourth-order valence-corrected chi connectivity index (χ4v) is 3.40. The Morgan fingerprint density at radius 1 is 1.37 bits per heavy atom. The molecule has 2 unspecified atom stereocenters. The molecule has 0 aromatic heterocycles. The number of nitrogens with one attached hydrogen (secondary N) is 1. The summed E-state index contributed by atoms with van der Waals surface area (Å²) in [5, 5.41) is 4.42. The third-order valence-electron chi connectivity index (χ3n) is 4.40. The first-order chi connectivity index (χ1) is 9.12. The topological polar surface area (TPSA) is 41.3 Å². The average molecular weight is 280 g/mol. The SMILES string of the molecule is CC1CC(CN)(Nc2ccc(Cl)cc2)CN1C1CC1. The van der Waals surface area contributed by atoms with Crippen LogP contribution < -0.4 is 11.1 Å². The molecule has 0 radical (unpaired) electrons. The summed E-state index contributed by atoms with van der Waals surface area (Å²) < 4.78 is 0. The average Bonchev–Trinajstić information content (AvgIpc) is 3.18. The highest BCUT2D eigenvalue weighted by Crippen LogP contribution is 2.38. The number of rotatable bonds is 4. The van der Waals surface area contributed by atoms with Crippen molar-refractivity contribution in [1.82, 2.24) is 4.90 Å². The zero-order valence-electron chi connectivity index (χ0n) is 11.4. The molecule has 1 aliphatic heterocycles. The van der Waals surface area contributed by atoms with Crippen LogP contribution >= 0.6 is 11.6 Å². The van der Waals surface area contributed by atoms with Crippen LogP contribution in [0.15, 0.2) is 24.3 Å². The molecular formula is C15H22ClN3. The van der Waals surface area contributed by atoms with Gasteiger partial charge >= 0.3 is 0 Å². The van der Waals surface area contributed by atoms with Crippen molar-refractivity contribution >= 4 is 17.3 Å². The molecule has 3 nitrogen and oxygen atoms in total. The Labute approximate surface area is 120 Å². The van der Waals surface area contributed by atoms with Gasteiger partial charge in [0.2, 0.25) is 0 Å². The lowest BCUT2D eigenvalue weighted by Crippen LogP contribution is -2.48. The van der Waals surface area contributed by atoms with Crippen molar-refractivity contribution in [3.8, 4) is 0 Å². The van der Waals surface area contributed by atoms with Crippen molar-refractivity contribution < 1.29 is 0 Å². The predicted octanol–water partition coefficient (Wildman–Crippen LogP) is 2.71. The maximum absolute atomic E-state index is 6.08. The lowest BCUT2D eigenvalue weighted by molar-refractivity contribution is 0.252. The standard InChI is InChI=1S/C15H22ClN3/c1-11-8-15(9-17,10-19(11)14-6-7-14)18-13-4-2-12(16)3-5-13/h2-5,11,14,18H,6-10,17H2,1H3. The van der Waals surface area contributed by atoms with Crippen LogP contribution in [0.4, 0.5) is 5.69 Å². The zero-order chi connectivity index (χ0) is 13.5. The number of anilines is 1. The molecule has 3 rings (SSSR count). The molecule has 1 heterocycles. The second kappa shape index (κ2) is 4.97. The van der Waals surface area contributed by atoms with E-state index in [4.69, 9.17) is 17.3 Å². The molecule has 1 saturated heterocycles. The molecule has 0 spiro atoms. The van der Waals surface area contributed by atoms with Gasteiger partial charge in [0.05, 0.1) is 5.54 Å². The van der Waals surface area contributed by atoms with Crippen molar-refractivity contribution in [2.75, 3.05) is 18.4 Å². The first-order valence-electron chi connectivity index (χ1n) is 7.11. The third kappa shape index (κ3) is 2.73. The van der Waals surface area contributed by atoms with Gasteiger partial charge < -0.3 is 11.1 Å². The van der Waals surface area contributed by atoms with Gasteiger partial charge in [0.25, 0.3) is 0 Å². The largest absolute Gasteiger partial charge is 0.377 e. The van der Waals surface area contributed by atoms with Gasteiger partial charge in [-0.1, -0.05) is 11.6 Å². The molecule has 19 heavy (non-hydrogen) atoms. The zero-order valence-corrected chi connectivity index (χ0v) is 12.2. The van der Waals surface area contributed by atoms with E-state index in [9.17, 15) is 0 Å². The van der Waals surface area contributed by atoms with Gasteiger partial charge in [0, 0.05) is 35.9 Å². The van der Waals surface area contributed by atoms with Gasteiger partial charge in [-0.15, -0.1) is 0 Å². The van der Waals surface area contributed by atoms with Gasteiger partial charge in [-0.3, -0.25) is 4.90 Å². The number of benzene rings is 1. The highest BCUT2D eigenvalue weighted by Gasteiger charge is 2.46. The molecule has 2 atom stereocenters. The Morgan fingerprint density at radius 3 is 2.63 bits per heavy atom. The van der Waals surface area contributed by atoms with Gasteiger partial charge in [0.15, 0.2) is 0 Å². The number of nitrogens with zero attached hydrogens (tertiary/aromatic N) is 1. The molecule has 2 fully saturated rings. The number of hydrogen-bond acceptors (Lipinski definition) is 3. The Balaban J connectivity index is 1.74. The quantitative estimate of drug-likeness (QED) is 0.890. The van der Waals surface area contributed by atoms with Crippen molar-refractivity contribution in [3.63, 3.8) is 0 Å². The Kier molecular flexibility index (Phi) is 3.46. The smallest absolute Gasteiger partial charge is 0.0637 e. The minimum Gasteiger partial charge on any atom is -0.377 e. The Hall–Kier alpha value is -0.770. The van der Waals surface area contributed by atoms with Crippen molar-refractivity contribution in [2.24, 2.45) is 5.73 Å². The van der Waals surface area contributed by atoms with Crippen LogP contribution in [-0.4, -0.2) is 35.6 Å². The van der Waals surface area contributed by atoms with Gasteiger partial charge in [0.1, 0.15) is 0 Å². The monoisotopic (exact) mass is 279 g/mol. The van der Waals surface area contributed by atoms with E-state index in [0.717, 1.165) is 29.7 Å². The summed E-state index contributed by atoms with van der Waals surface area (Å²) in [5.41, 5.74) is 7.20. The normalized spacial score (nSPS) is 31.6. The van der Waals surface area contributed by atoms with E-state index in [1.54, 1.807) is 0 Å². The highest BCUT2D eigenvalue weighted by molar-refractivity contribution is 6.30. The highest BCUT2D eigenvalue weighted by atomic mass is 35.5. The summed E-state index contributed by atoms with van der Waals surface area (Å²) in [7, 11) is 0. The van der Waals surface area contributed by atoms with Crippen LogP contribution in [-0.2, 0) is 0 Å². The van der Waals surface area contributed by atoms with E-state index in [0.29, 0.717) is 12.6 Å². The second-order valence-electron chi connectivity index (χ2n) is 6.07. The Bertz CT molecular complexity index is 443. The summed E-state index contributed by atoms with van der Waals surface area (Å²) in [6.45, 7) is 4.04. The van der Waals surface area contributed by atoms with Crippen LogP contribution in [0.5, 0.6) is 0 Å². The molecule has 1 aliphatic carbocycles. The van der Waals surface area contributed by atoms with E-state index in [1.165, 1.54) is 12.8 Å². The van der Waals surface area contributed by atoms with E-state index in [2.05, 4.69) is 17.1 Å². The fourth-order valence-electron chi connectivity index (χ4n) is 3.28. The first-order valence-corrected chi connectivity index (χ1v) is 7.49. The molecule has 4 heteroatoms. The number of hydrogen-bond donors (Lipinski definition) is 2. The third-order valence-corrected chi connectivity index (χ3v) is 4.65. The van der Waals surface area contributed by atoms with Crippen LogP contribution in [0.2, 0.25) is 5.02 Å². The summed E-state index contributed by atoms with van der Waals surface area (Å²) in [6, 6.07) is 9.33. The maximum Gasteiger partial charge on any atom is 0.0637 e. The maximum atomic E-state index is 6.08. The summed E-state index contributed by atoms with van der Waals surface area (Å²) in [6.07, 6.45) is 3.82.